The van der Waals surface area contributed by atoms with Crippen LogP contribution in [0, 0.1) is 0 Å². The summed E-state index contributed by atoms with van der Waals surface area (Å²) in [7, 11) is 3.26. The van der Waals surface area contributed by atoms with Crippen molar-refractivity contribution in [3.05, 3.63) is 59.7 Å². The van der Waals surface area contributed by atoms with Gasteiger partial charge in [-0.3, -0.25) is 4.79 Å². The average Bonchev–Trinajstić information content (AvgIpc) is 2.63. The standard InChI is InChI=1S/C19H23NO3S/c1-4-24-18-12-8-6-10-15(18)19(21)20-13-17(23-3)14-9-5-7-11-16(14)22-2/h5-12,17H,4,13H2,1-3H3,(H,20,21)/t17-/m1/s1. The quantitative estimate of drug-likeness (QED) is 0.737. The number of rotatable bonds is 8. The van der Waals surface area contributed by atoms with Crippen LogP contribution in [0.5, 0.6) is 5.75 Å². The van der Waals surface area contributed by atoms with E-state index in [1.165, 1.54) is 0 Å². The van der Waals surface area contributed by atoms with Crippen molar-refractivity contribution < 1.29 is 14.3 Å². The number of carbonyl (C=O) groups excluding carboxylic acids is 1. The smallest absolute Gasteiger partial charge is 0.252 e. The highest BCUT2D eigenvalue weighted by Gasteiger charge is 2.18. The van der Waals surface area contributed by atoms with Crippen LogP contribution in [0.3, 0.4) is 0 Å². The van der Waals surface area contributed by atoms with Gasteiger partial charge in [0.1, 0.15) is 11.9 Å². The number of amides is 1. The number of para-hydroxylation sites is 1. The second-order valence-electron chi connectivity index (χ2n) is 5.11. The van der Waals surface area contributed by atoms with Crippen LogP contribution in [0.4, 0.5) is 0 Å². The molecule has 1 atom stereocenters. The fourth-order valence-electron chi connectivity index (χ4n) is 2.47. The highest BCUT2D eigenvalue weighted by Crippen LogP contribution is 2.27. The normalized spacial score (nSPS) is 11.8. The summed E-state index contributed by atoms with van der Waals surface area (Å²) in [6, 6.07) is 15.3. The van der Waals surface area contributed by atoms with Gasteiger partial charge >= 0.3 is 0 Å². The molecular formula is C19H23NO3S. The SMILES string of the molecule is CCSc1ccccc1C(=O)NC[C@@H](OC)c1ccccc1OC. The third-order valence-corrected chi connectivity index (χ3v) is 4.61. The Bertz CT molecular complexity index is 675. The molecule has 0 saturated heterocycles. The Morgan fingerprint density at radius 3 is 2.54 bits per heavy atom. The average molecular weight is 345 g/mol. The molecule has 4 nitrogen and oxygen atoms in total. The summed E-state index contributed by atoms with van der Waals surface area (Å²) in [5, 5.41) is 2.97. The van der Waals surface area contributed by atoms with E-state index in [2.05, 4.69) is 12.2 Å². The van der Waals surface area contributed by atoms with Crippen molar-refractivity contribution in [3.63, 3.8) is 0 Å². The van der Waals surface area contributed by atoms with E-state index in [0.29, 0.717) is 12.1 Å². The summed E-state index contributed by atoms with van der Waals surface area (Å²) in [6.07, 6.45) is -0.268. The zero-order chi connectivity index (χ0) is 17.4. The van der Waals surface area contributed by atoms with Crippen LogP contribution < -0.4 is 10.1 Å². The molecule has 0 aliphatic rings. The first-order chi connectivity index (χ1) is 11.7. The van der Waals surface area contributed by atoms with Crippen LogP contribution in [0.1, 0.15) is 28.9 Å². The van der Waals surface area contributed by atoms with Gasteiger partial charge in [0.25, 0.3) is 5.91 Å². The molecule has 0 unspecified atom stereocenters. The van der Waals surface area contributed by atoms with E-state index in [1.54, 1.807) is 26.0 Å². The lowest BCUT2D eigenvalue weighted by Crippen LogP contribution is -2.29. The van der Waals surface area contributed by atoms with Crippen LogP contribution in [0.15, 0.2) is 53.4 Å². The topological polar surface area (TPSA) is 47.6 Å². The van der Waals surface area contributed by atoms with Gasteiger partial charge in [0.15, 0.2) is 0 Å². The van der Waals surface area contributed by atoms with Gasteiger partial charge in [0, 0.05) is 24.1 Å². The van der Waals surface area contributed by atoms with E-state index in [-0.39, 0.29) is 12.0 Å². The van der Waals surface area contributed by atoms with Gasteiger partial charge in [-0.05, 0) is 24.0 Å². The minimum absolute atomic E-state index is 0.0940. The number of benzene rings is 2. The number of thioether (sulfide) groups is 1. The fourth-order valence-corrected chi connectivity index (χ4v) is 3.27. The first-order valence-electron chi connectivity index (χ1n) is 7.87. The summed E-state index contributed by atoms with van der Waals surface area (Å²) in [5.74, 6) is 1.58. The van der Waals surface area contributed by atoms with Gasteiger partial charge in [-0.1, -0.05) is 37.3 Å². The first kappa shape index (κ1) is 18.4. The van der Waals surface area contributed by atoms with E-state index < -0.39 is 0 Å². The van der Waals surface area contributed by atoms with Crippen LogP contribution >= 0.6 is 11.8 Å². The lowest BCUT2D eigenvalue weighted by atomic mass is 10.1. The molecule has 0 heterocycles. The molecule has 2 aromatic carbocycles. The van der Waals surface area contributed by atoms with Crippen molar-refractivity contribution in [2.75, 3.05) is 26.5 Å². The van der Waals surface area contributed by atoms with Crippen LogP contribution in [-0.2, 0) is 4.74 Å². The minimum Gasteiger partial charge on any atom is -0.496 e. The van der Waals surface area contributed by atoms with Crippen LogP contribution in [-0.4, -0.2) is 32.4 Å². The van der Waals surface area contributed by atoms with E-state index in [4.69, 9.17) is 9.47 Å². The molecule has 0 radical (unpaired) electrons. The molecule has 0 fully saturated rings. The third-order valence-electron chi connectivity index (χ3n) is 3.65. The van der Waals surface area contributed by atoms with Gasteiger partial charge in [-0.25, -0.2) is 0 Å². The molecule has 24 heavy (non-hydrogen) atoms. The number of methoxy groups -OCH3 is 2. The van der Waals surface area contributed by atoms with E-state index >= 15 is 0 Å². The fraction of sp³-hybridized carbons (Fsp3) is 0.316. The van der Waals surface area contributed by atoms with Crippen molar-refractivity contribution in [2.24, 2.45) is 0 Å². The minimum atomic E-state index is -0.268. The Morgan fingerprint density at radius 2 is 1.83 bits per heavy atom. The maximum atomic E-state index is 12.5. The second kappa shape index (κ2) is 9.35. The predicted octanol–water partition coefficient (Wildman–Crippen LogP) is 3.92. The zero-order valence-electron chi connectivity index (χ0n) is 14.2. The lowest BCUT2D eigenvalue weighted by Gasteiger charge is -2.19. The number of nitrogens with one attached hydrogen (secondary N) is 1. The molecule has 1 amide bonds. The molecule has 0 aliphatic heterocycles. The predicted molar refractivity (Wildman–Crippen MR) is 97.9 cm³/mol. The molecule has 0 spiro atoms. The molecule has 0 bridgehead atoms. The number of carbonyl (C=O) groups is 1. The van der Waals surface area contributed by atoms with Crippen molar-refractivity contribution in [3.8, 4) is 5.75 Å². The molecule has 5 heteroatoms. The van der Waals surface area contributed by atoms with E-state index in [9.17, 15) is 4.79 Å². The Morgan fingerprint density at radius 1 is 1.12 bits per heavy atom. The zero-order valence-corrected chi connectivity index (χ0v) is 15.1. The molecule has 0 saturated carbocycles. The van der Waals surface area contributed by atoms with Gasteiger partial charge in [-0.2, -0.15) is 0 Å². The highest BCUT2D eigenvalue weighted by atomic mass is 32.2. The summed E-state index contributed by atoms with van der Waals surface area (Å²) in [4.78, 5) is 13.5. The number of hydrogen-bond donors (Lipinski definition) is 1. The number of ether oxygens (including phenoxy) is 2. The Labute approximate surface area is 147 Å². The van der Waals surface area contributed by atoms with Gasteiger partial charge in [0.05, 0.1) is 12.7 Å². The maximum Gasteiger partial charge on any atom is 0.252 e. The van der Waals surface area contributed by atoms with Crippen molar-refractivity contribution in [1.29, 1.82) is 0 Å². The van der Waals surface area contributed by atoms with Crippen LogP contribution in [0.2, 0.25) is 0 Å². The van der Waals surface area contributed by atoms with Gasteiger partial charge in [-0.15, -0.1) is 11.8 Å². The monoisotopic (exact) mass is 345 g/mol. The summed E-state index contributed by atoms with van der Waals surface area (Å²) in [6.45, 7) is 2.45. The Hall–Kier alpha value is -1.98. The largest absolute Gasteiger partial charge is 0.496 e. The highest BCUT2D eigenvalue weighted by molar-refractivity contribution is 7.99. The summed E-state index contributed by atoms with van der Waals surface area (Å²) in [5.41, 5.74) is 1.61. The molecule has 128 valence electrons. The Kier molecular flexibility index (Phi) is 7.15. The molecular weight excluding hydrogens is 322 g/mol. The van der Waals surface area contributed by atoms with Gasteiger partial charge in [0.2, 0.25) is 0 Å². The molecule has 0 aromatic heterocycles. The molecule has 2 aromatic rings. The van der Waals surface area contributed by atoms with Crippen LogP contribution in [0.25, 0.3) is 0 Å². The summed E-state index contributed by atoms with van der Waals surface area (Å²) >= 11 is 1.66. The second-order valence-corrected chi connectivity index (χ2v) is 6.41. The number of hydrogen-bond acceptors (Lipinski definition) is 4. The van der Waals surface area contributed by atoms with Crippen molar-refractivity contribution >= 4 is 17.7 Å². The molecule has 1 N–H and O–H groups in total. The van der Waals surface area contributed by atoms with Gasteiger partial charge < -0.3 is 14.8 Å². The molecule has 0 aliphatic carbocycles. The van der Waals surface area contributed by atoms with E-state index in [0.717, 1.165) is 22.0 Å². The van der Waals surface area contributed by atoms with E-state index in [1.807, 2.05) is 48.5 Å². The van der Waals surface area contributed by atoms with Crippen molar-refractivity contribution in [2.45, 2.75) is 17.9 Å². The maximum absolute atomic E-state index is 12.5. The van der Waals surface area contributed by atoms with Crippen molar-refractivity contribution in [1.82, 2.24) is 5.32 Å². The Balaban J connectivity index is 2.09. The summed E-state index contributed by atoms with van der Waals surface area (Å²) < 4.78 is 10.9. The lowest BCUT2D eigenvalue weighted by molar-refractivity contribution is 0.0817. The first-order valence-corrected chi connectivity index (χ1v) is 8.85. The molecule has 2 rings (SSSR count). The third kappa shape index (κ3) is 4.52.